The summed E-state index contributed by atoms with van der Waals surface area (Å²) >= 11 is 0. The van der Waals surface area contributed by atoms with Gasteiger partial charge in [0, 0.05) is 32.1 Å². The summed E-state index contributed by atoms with van der Waals surface area (Å²) in [6.45, 7) is 0.260. The van der Waals surface area contributed by atoms with E-state index in [1.165, 1.54) is 4.90 Å². The van der Waals surface area contributed by atoms with Crippen molar-refractivity contribution in [2.24, 2.45) is 0 Å². The first-order valence-corrected chi connectivity index (χ1v) is 4.89. The zero-order valence-corrected chi connectivity index (χ0v) is 8.17. The van der Waals surface area contributed by atoms with Crippen LogP contribution in [0, 0.1) is 0 Å². The molecule has 0 bridgehead atoms. The van der Waals surface area contributed by atoms with E-state index < -0.39 is 5.92 Å². The van der Waals surface area contributed by atoms with E-state index >= 15 is 0 Å². The standard InChI is InChI=1S/C10H12F2N2O/c11-10(12)3-6-14(7-4-10)9(15)8-2-1-5-13-8/h1-2,5,13H,3-4,6-7H2. The highest BCUT2D eigenvalue weighted by molar-refractivity contribution is 5.92. The minimum absolute atomic E-state index is 0.130. The number of amides is 1. The van der Waals surface area contributed by atoms with Gasteiger partial charge in [-0.2, -0.15) is 0 Å². The van der Waals surface area contributed by atoms with Crippen LogP contribution in [0.1, 0.15) is 23.3 Å². The fourth-order valence-electron chi connectivity index (χ4n) is 1.67. The van der Waals surface area contributed by atoms with Crippen molar-refractivity contribution in [3.8, 4) is 0 Å². The molecule has 1 saturated heterocycles. The van der Waals surface area contributed by atoms with Crippen LogP contribution >= 0.6 is 0 Å². The number of nitrogens with one attached hydrogen (secondary N) is 1. The van der Waals surface area contributed by atoms with Crippen LogP contribution in [0.2, 0.25) is 0 Å². The normalized spacial score (nSPS) is 20.3. The van der Waals surface area contributed by atoms with Crippen LogP contribution in [0.4, 0.5) is 8.78 Å². The second-order valence-corrected chi connectivity index (χ2v) is 3.73. The van der Waals surface area contributed by atoms with Crippen LogP contribution in [0.15, 0.2) is 18.3 Å². The Hall–Kier alpha value is -1.39. The van der Waals surface area contributed by atoms with E-state index in [-0.39, 0.29) is 31.8 Å². The lowest BCUT2D eigenvalue weighted by Crippen LogP contribution is -2.42. The van der Waals surface area contributed by atoms with E-state index in [1.54, 1.807) is 18.3 Å². The van der Waals surface area contributed by atoms with Crippen molar-refractivity contribution in [2.45, 2.75) is 18.8 Å². The predicted molar refractivity (Wildman–Crippen MR) is 50.9 cm³/mol. The average Bonchev–Trinajstić information content (AvgIpc) is 2.69. The van der Waals surface area contributed by atoms with Gasteiger partial charge in [-0.25, -0.2) is 8.78 Å². The zero-order chi connectivity index (χ0) is 10.9. The molecule has 2 rings (SSSR count). The van der Waals surface area contributed by atoms with Crippen molar-refractivity contribution in [2.75, 3.05) is 13.1 Å². The maximum atomic E-state index is 12.8. The molecule has 3 nitrogen and oxygen atoms in total. The molecule has 0 saturated carbocycles. The van der Waals surface area contributed by atoms with Crippen LogP contribution in [-0.4, -0.2) is 34.8 Å². The van der Waals surface area contributed by atoms with Gasteiger partial charge in [0.05, 0.1) is 0 Å². The number of aromatic nitrogens is 1. The van der Waals surface area contributed by atoms with Crippen LogP contribution in [0.3, 0.4) is 0 Å². The van der Waals surface area contributed by atoms with Gasteiger partial charge in [0.1, 0.15) is 5.69 Å². The Balaban J connectivity index is 2.00. The Labute approximate surface area is 86.1 Å². The van der Waals surface area contributed by atoms with Gasteiger partial charge in [-0.3, -0.25) is 4.79 Å². The number of rotatable bonds is 1. The summed E-state index contributed by atoms with van der Waals surface area (Å²) in [7, 11) is 0. The third-order valence-corrected chi connectivity index (χ3v) is 2.61. The van der Waals surface area contributed by atoms with Gasteiger partial charge in [-0.1, -0.05) is 0 Å². The Bertz CT molecular complexity index is 338. The van der Waals surface area contributed by atoms with E-state index in [0.717, 1.165) is 0 Å². The van der Waals surface area contributed by atoms with Crippen molar-refractivity contribution in [1.29, 1.82) is 0 Å². The molecule has 5 heteroatoms. The summed E-state index contributed by atoms with van der Waals surface area (Å²) in [6.07, 6.45) is 1.17. The van der Waals surface area contributed by atoms with Crippen LogP contribution < -0.4 is 0 Å². The highest BCUT2D eigenvalue weighted by Gasteiger charge is 2.35. The van der Waals surface area contributed by atoms with E-state index in [2.05, 4.69) is 4.98 Å². The monoisotopic (exact) mass is 214 g/mol. The molecule has 1 aliphatic heterocycles. The second kappa shape index (κ2) is 3.64. The number of hydrogen-bond acceptors (Lipinski definition) is 1. The molecule has 0 unspecified atom stereocenters. The van der Waals surface area contributed by atoms with Gasteiger partial charge in [0.15, 0.2) is 0 Å². The predicted octanol–water partition coefficient (Wildman–Crippen LogP) is 1.89. The summed E-state index contributed by atoms with van der Waals surface area (Å²) < 4.78 is 25.7. The highest BCUT2D eigenvalue weighted by atomic mass is 19.3. The molecule has 1 aromatic heterocycles. The van der Waals surface area contributed by atoms with E-state index in [1.807, 2.05) is 0 Å². The van der Waals surface area contributed by atoms with E-state index in [0.29, 0.717) is 5.69 Å². The summed E-state index contributed by atoms with van der Waals surface area (Å²) in [5, 5.41) is 0. The Morgan fingerprint density at radius 2 is 2.07 bits per heavy atom. The molecule has 1 fully saturated rings. The molecule has 15 heavy (non-hydrogen) atoms. The van der Waals surface area contributed by atoms with E-state index in [4.69, 9.17) is 0 Å². The van der Waals surface area contributed by atoms with Gasteiger partial charge in [-0.15, -0.1) is 0 Å². The zero-order valence-electron chi connectivity index (χ0n) is 8.17. The Morgan fingerprint density at radius 3 is 2.60 bits per heavy atom. The molecule has 0 aliphatic carbocycles. The van der Waals surface area contributed by atoms with Crippen molar-refractivity contribution in [3.05, 3.63) is 24.0 Å². The average molecular weight is 214 g/mol. The quantitative estimate of drug-likeness (QED) is 0.761. The van der Waals surface area contributed by atoms with Gasteiger partial charge >= 0.3 is 0 Å². The topological polar surface area (TPSA) is 36.1 Å². The smallest absolute Gasteiger partial charge is 0.270 e. The minimum atomic E-state index is -2.60. The largest absolute Gasteiger partial charge is 0.357 e. The Kier molecular flexibility index (Phi) is 2.46. The lowest BCUT2D eigenvalue weighted by atomic mass is 10.1. The number of piperidine rings is 1. The van der Waals surface area contributed by atoms with Crippen LogP contribution in [-0.2, 0) is 0 Å². The highest BCUT2D eigenvalue weighted by Crippen LogP contribution is 2.28. The minimum Gasteiger partial charge on any atom is -0.357 e. The van der Waals surface area contributed by atoms with Crippen molar-refractivity contribution in [3.63, 3.8) is 0 Å². The molecule has 0 radical (unpaired) electrons. The molecule has 2 heterocycles. The molecule has 1 amide bonds. The number of halogens is 2. The molecule has 1 aliphatic rings. The maximum absolute atomic E-state index is 12.8. The van der Waals surface area contributed by atoms with Gasteiger partial charge in [-0.05, 0) is 12.1 Å². The van der Waals surface area contributed by atoms with Gasteiger partial charge in [0.2, 0.25) is 0 Å². The number of aromatic amines is 1. The SMILES string of the molecule is O=C(c1ccc[nH]1)N1CCC(F)(F)CC1. The lowest BCUT2D eigenvalue weighted by molar-refractivity contribution is -0.0495. The molecule has 0 spiro atoms. The molecule has 0 aromatic carbocycles. The van der Waals surface area contributed by atoms with Crippen LogP contribution in [0.25, 0.3) is 0 Å². The summed E-state index contributed by atoms with van der Waals surface area (Å²) in [4.78, 5) is 16.0. The second-order valence-electron chi connectivity index (χ2n) is 3.73. The lowest BCUT2D eigenvalue weighted by Gasteiger charge is -2.31. The first-order chi connectivity index (χ1) is 7.08. The van der Waals surface area contributed by atoms with Gasteiger partial charge in [0.25, 0.3) is 11.8 Å². The summed E-state index contributed by atoms with van der Waals surface area (Å²) in [5.74, 6) is -2.80. The first kappa shape index (κ1) is 10.1. The molecular formula is C10H12F2N2O. The van der Waals surface area contributed by atoms with Crippen molar-refractivity contribution in [1.82, 2.24) is 9.88 Å². The Morgan fingerprint density at radius 1 is 1.40 bits per heavy atom. The number of likely N-dealkylation sites (tertiary alicyclic amines) is 1. The van der Waals surface area contributed by atoms with Gasteiger partial charge < -0.3 is 9.88 Å². The number of hydrogen-bond donors (Lipinski definition) is 1. The number of alkyl halides is 2. The number of carbonyl (C=O) groups is 1. The fraction of sp³-hybridized carbons (Fsp3) is 0.500. The number of H-pyrrole nitrogens is 1. The molecular weight excluding hydrogens is 202 g/mol. The van der Waals surface area contributed by atoms with Crippen LogP contribution in [0.5, 0.6) is 0 Å². The number of carbonyl (C=O) groups excluding carboxylic acids is 1. The molecule has 82 valence electrons. The summed E-state index contributed by atoms with van der Waals surface area (Å²) in [5.41, 5.74) is 0.459. The molecule has 1 aromatic rings. The molecule has 0 atom stereocenters. The third kappa shape index (κ3) is 2.16. The van der Waals surface area contributed by atoms with Crippen molar-refractivity contribution < 1.29 is 13.6 Å². The molecule has 1 N–H and O–H groups in total. The first-order valence-electron chi connectivity index (χ1n) is 4.89. The number of nitrogens with zero attached hydrogens (tertiary/aromatic N) is 1. The van der Waals surface area contributed by atoms with Crippen molar-refractivity contribution >= 4 is 5.91 Å². The fourth-order valence-corrected chi connectivity index (χ4v) is 1.67. The summed E-state index contributed by atoms with van der Waals surface area (Å²) in [6, 6.07) is 3.36. The van der Waals surface area contributed by atoms with E-state index in [9.17, 15) is 13.6 Å². The third-order valence-electron chi connectivity index (χ3n) is 2.61. The maximum Gasteiger partial charge on any atom is 0.270 e.